The summed E-state index contributed by atoms with van der Waals surface area (Å²) in [5.41, 5.74) is -0.0517. The molecule has 1 aliphatic rings. The molecule has 112 valence electrons. The second-order valence-electron chi connectivity index (χ2n) is 5.89. The smallest absolute Gasteiger partial charge is 0.381 e. The van der Waals surface area contributed by atoms with E-state index in [1.54, 1.807) is 25.3 Å². The highest BCUT2D eigenvalue weighted by atomic mass is 19.4. The van der Waals surface area contributed by atoms with Crippen molar-refractivity contribution in [2.24, 2.45) is 5.41 Å². The van der Waals surface area contributed by atoms with Crippen LogP contribution in [0.1, 0.15) is 31.9 Å². The third-order valence-electron chi connectivity index (χ3n) is 4.29. The Morgan fingerprint density at radius 2 is 1.85 bits per heavy atom. The molecule has 3 unspecified atom stereocenters. The van der Waals surface area contributed by atoms with Gasteiger partial charge in [-0.1, -0.05) is 44.2 Å². The van der Waals surface area contributed by atoms with E-state index in [1.807, 2.05) is 13.8 Å². The molecule has 5 heteroatoms. The van der Waals surface area contributed by atoms with E-state index in [1.165, 1.54) is 12.1 Å². The predicted molar refractivity (Wildman–Crippen MR) is 71.4 cm³/mol. The number of methoxy groups -OCH3 is 1. The van der Waals surface area contributed by atoms with Crippen LogP contribution in [-0.2, 0) is 4.74 Å². The highest BCUT2D eigenvalue weighted by Gasteiger charge is 2.52. The maximum Gasteiger partial charge on any atom is 0.407 e. The molecule has 20 heavy (non-hydrogen) atoms. The van der Waals surface area contributed by atoms with Gasteiger partial charge in [-0.25, -0.2) is 0 Å². The fourth-order valence-corrected chi connectivity index (χ4v) is 2.79. The van der Waals surface area contributed by atoms with Crippen molar-refractivity contribution >= 4 is 0 Å². The Morgan fingerprint density at radius 1 is 1.25 bits per heavy atom. The van der Waals surface area contributed by atoms with Gasteiger partial charge in [0.05, 0.1) is 6.10 Å². The van der Waals surface area contributed by atoms with Crippen LogP contribution in [-0.4, -0.2) is 25.4 Å². The minimum Gasteiger partial charge on any atom is -0.381 e. The summed E-state index contributed by atoms with van der Waals surface area (Å²) in [6, 6.07) is 6.13. The Labute approximate surface area is 117 Å². The Hall–Kier alpha value is -1.07. The van der Waals surface area contributed by atoms with Gasteiger partial charge < -0.3 is 4.74 Å². The Kier molecular flexibility index (Phi) is 4.12. The van der Waals surface area contributed by atoms with Crippen LogP contribution >= 0.6 is 0 Å². The number of ether oxygens (including phenoxy) is 1. The molecule has 0 bridgehead atoms. The summed E-state index contributed by atoms with van der Waals surface area (Å²) < 4.78 is 45.1. The van der Waals surface area contributed by atoms with Gasteiger partial charge in [-0.05, 0) is 12.0 Å². The summed E-state index contributed by atoms with van der Waals surface area (Å²) in [5.74, 6) is 0. The van der Waals surface area contributed by atoms with Gasteiger partial charge in [-0.15, -0.1) is 0 Å². The molecular formula is C15H20F3NO. The van der Waals surface area contributed by atoms with Crippen LogP contribution < -0.4 is 5.32 Å². The number of halogens is 3. The van der Waals surface area contributed by atoms with E-state index in [0.717, 1.165) is 0 Å². The first-order valence-corrected chi connectivity index (χ1v) is 6.67. The largest absolute Gasteiger partial charge is 0.407 e. The Bertz CT molecular complexity index is 444. The van der Waals surface area contributed by atoms with Crippen molar-refractivity contribution < 1.29 is 17.9 Å². The van der Waals surface area contributed by atoms with E-state index >= 15 is 0 Å². The third kappa shape index (κ3) is 2.83. The highest BCUT2D eigenvalue weighted by molar-refractivity contribution is 5.21. The molecular weight excluding hydrogens is 267 g/mol. The molecule has 1 N–H and O–H groups in total. The molecule has 2 rings (SSSR count). The molecule has 0 saturated heterocycles. The number of benzene rings is 1. The van der Waals surface area contributed by atoms with Crippen molar-refractivity contribution in [1.29, 1.82) is 0 Å². The maximum absolute atomic E-state index is 13.3. The molecule has 1 aromatic rings. The Morgan fingerprint density at radius 3 is 2.30 bits per heavy atom. The third-order valence-corrected chi connectivity index (χ3v) is 4.29. The van der Waals surface area contributed by atoms with Crippen LogP contribution in [0.15, 0.2) is 30.3 Å². The topological polar surface area (TPSA) is 21.3 Å². The molecule has 0 radical (unpaired) electrons. The van der Waals surface area contributed by atoms with Crippen LogP contribution in [0, 0.1) is 5.41 Å². The molecule has 0 amide bonds. The summed E-state index contributed by atoms with van der Waals surface area (Å²) in [6.45, 7) is 3.86. The number of nitrogens with one attached hydrogen (secondary N) is 1. The quantitative estimate of drug-likeness (QED) is 0.912. The maximum atomic E-state index is 13.3. The van der Waals surface area contributed by atoms with E-state index in [9.17, 15) is 13.2 Å². The van der Waals surface area contributed by atoms with E-state index < -0.39 is 12.2 Å². The van der Waals surface area contributed by atoms with Crippen molar-refractivity contribution in [2.75, 3.05) is 7.11 Å². The number of alkyl halides is 3. The fraction of sp³-hybridized carbons (Fsp3) is 0.600. The average Bonchev–Trinajstić information content (AvgIpc) is 2.37. The van der Waals surface area contributed by atoms with Gasteiger partial charge in [0.15, 0.2) is 0 Å². The number of hydrogen-bond acceptors (Lipinski definition) is 2. The van der Waals surface area contributed by atoms with E-state index in [4.69, 9.17) is 4.74 Å². The molecule has 1 saturated carbocycles. The van der Waals surface area contributed by atoms with Crippen LogP contribution in [0.5, 0.6) is 0 Å². The van der Waals surface area contributed by atoms with Crippen molar-refractivity contribution in [1.82, 2.24) is 5.32 Å². The zero-order valence-corrected chi connectivity index (χ0v) is 11.9. The van der Waals surface area contributed by atoms with Gasteiger partial charge in [0.1, 0.15) is 6.04 Å². The first-order chi connectivity index (χ1) is 9.26. The second-order valence-corrected chi connectivity index (χ2v) is 5.89. The molecule has 3 atom stereocenters. The molecule has 0 aliphatic heterocycles. The predicted octanol–water partition coefficient (Wildman–Crippen LogP) is 3.69. The molecule has 1 fully saturated rings. The molecule has 2 nitrogen and oxygen atoms in total. The van der Waals surface area contributed by atoms with Gasteiger partial charge in [0.2, 0.25) is 0 Å². The molecule has 0 aromatic heterocycles. The number of hydrogen-bond donors (Lipinski definition) is 1. The lowest BCUT2D eigenvalue weighted by Crippen LogP contribution is -2.62. The lowest BCUT2D eigenvalue weighted by atomic mass is 9.64. The summed E-state index contributed by atoms with van der Waals surface area (Å²) in [7, 11) is 1.60. The fourth-order valence-electron chi connectivity index (χ4n) is 2.79. The SMILES string of the molecule is COC1CC(NC(c2ccccc2)C(F)(F)F)C1(C)C. The van der Waals surface area contributed by atoms with Gasteiger partial charge >= 0.3 is 6.18 Å². The molecule has 1 aromatic carbocycles. The molecule has 1 aliphatic carbocycles. The molecule has 0 heterocycles. The highest BCUT2D eigenvalue weighted by Crippen LogP contribution is 2.45. The van der Waals surface area contributed by atoms with Gasteiger partial charge in [0.25, 0.3) is 0 Å². The normalized spacial score (nSPS) is 26.9. The van der Waals surface area contributed by atoms with E-state index in [2.05, 4.69) is 5.32 Å². The van der Waals surface area contributed by atoms with E-state index in [-0.39, 0.29) is 23.1 Å². The summed E-state index contributed by atoms with van der Waals surface area (Å²) >= 11 is 0. The van der Waals surface area contributed by atoms with Crippen LogP contribution in [0.3, 0.4) is 0 Å². The van der Waals surface area contributed by atoms with Gasteiger partial charge in [-0.2, -0.15) is 13.2 Å². The van der Waals surface area contributed by atoms with Crippen molar-refractivity contribution in [3.63, 3.8) is 0 Å². The van der Waals surface area contributed by atoms with Crippen molar-refractivity contribution in [3.8, 4) is 0 Å². The van der Waals surface area contributed by atoms with Gasteiger partial charge in [-0.3, -0.25) is 5.32 Å². The van der Waals surface area contributed by atoms with Crippen LogP contribution in [0.4, 0.5) is 13.2 Å². The van der Waals surface area contributed by atoms with Crippen molar-refractivity contribution in [2.45, 2.75) is 44.6 Å². The minimum absolute atomic E-state index is 0.00431. The first kappa shape index (κ1) is 15.3. The van der Waals surface area contributed by atoms with Crippen LogP contribution in [0.25, 0.3) is 0 Å². The zero-order valence-electron chi connectivity index (χ0n) is 11.9. The number of rotatable bonds is 4. The summed E-state index contributed by atoms with van der Waals surface area (Å²) in [4.78, 5) is 0. The average molecular weight is 287 g/mol. The lowest BCUT2D eigenvalue weighted by molar-refractivity contribution is -0.174. The Balaban J connectivity index is 2.15. The van der Waals surface area contributed by atoms with Crippen molar-refractivity contribution in [3.05, 3.63) is 35.9 Å². The van der Waals surface area contributed by atoms with Crippen LogP contribution in [0.2, 0.25) is 0 Å². The summed E-state index contributed by atoms with van der Waals surface area (Å²) in [6.07, 6.45) is -3.71. The van der Waals surface area contributed by atoms with E-state index in [0.29, 0.717) is 6.42 Å². The minimum atomic E-state index is -4.31. The molecule has 0 spiro atoms. The monoisotopic (exact) mass is 287 g/mol. The van der Waals surface area contributed by atoms with Gasteiger partial charge in [0, 0.05) is 18.6 Å². The summed E-state index contributed by atoms with van der Waals surface area (Å²) in [5, 5.41) is 2.76. The lowest BCUT2D eigenvalue weighted by Gasteiger charge is -2.52. The second kappa shape index (κ2) is 5.37. The first-order valence-electron chi connectivity index (χ1n) is 6.67. The zero-order chi connectivity index (χ0) is 15.0. The standard InChI is InChI=1S/C15H20F3NO/c1-14(2)11(9-12(14)20-3)19-13(15(16,17)18)10-7-5-4-6-8-10/h4-8,11-13,19H,9H2,1-3H3.